The highest BCUT2D eigenvalue weighted by Crippen LogP contribution is 2.20. The Bertz CT molecular complexity index is 414. The van der Waals surface area contributed by atoms with E-state index in [2.05, 4.69) is 15.9 Å². The van der Waals surface area contributed by atoms with Crippen LogP contribution in [0.1, 0.15) is 0 Å². The first kappa shape index (κ1) is 13.2. The van der Waals surface area contributed by atoms with Gasteiger partial charge in [-0.15, -0.1) is 0 Å². The maximum absolute atomic E-state index is 11.6. The van der Waals surface area contributed by atoms with Crippen LogP contribution in [0, 0.1) is 5.92 Å². The molecule has 0 aliphatic carbocycles. The monoisotopic (exact) mass is 312 g/mol. The van der Waals surface area contributed by atoms with Gasteiger partial charge in [0.1, 0.15) is 5.75 Å². The van der Waals surface area contributed by atoms with Crippen molar-refractivity contribution in [3.8, 4) is 5.75 Å². The minimum atomic E-state index is 0.0786. The van der Waals surface area contributed by atoms with E-state index in [1.165, 1.54) is 0 Å². The highest BCUT2D eigenvalue weighted by molar-refractivity contribution is 9.10. The van der Waals surface area contributed by atoms with Crippen LogP contribution in [-0.2, 0) is 0 Å². The van der Waals surface area contributed by atoms with Crippen molar-refractivity contribution in [2.24, 2.45) is 5.92 Å². The lowest BCUT2D eigenvalue weighted by Crippen LogP contribution is -2.55. The quantitative estimate of drug-likeness (QED) is 0.859. The van der Waals surface area contributed by atoms with Crippen molar-refractivity contribution in [1.82, 2.24) is 9.80 Å². The summed E-state index contributed by atoms with van der Waals surface area (Å²) in [7, 11) is 3.54. The summed E-state index contributed by atoms with van der Waals surface area (Å²) >= 11 is 3.38. The van der Waals surface area contributed by atoms with E-state index in [1.54, 1.807) is 19.0 Å². The largest absolute Gasteiger partial charge is 0.493 e. The molecule has 2 rings (SSSR count). The maximum Gasteiger partial charge on any atom is 0.319 e. The molecule has 0 unspecified atom stereocenters. The summed E-state index contributed by atoms with van der Waals surface area (Å²) in [4.78, 5) is 15.0. The normalized spacial score (nSPS) is 15.2. The lowest BCUT2D eigenvalue weighted by Gasteiger charge is -2.40. The number of carbonyl (C=O) groups is 1. The molecule has 0 radical (unpaired) electrons. The van der Waals surface area contributed by atoms with Crippen LogP contribution in [0.3, 0.4) is 0 Å². The molecular weight excluding hydrogens is 296 g/mol. The zero-order valence-electron chi connectivity index (χ0n) is 10.6. The average molecular weight is 313 g/mol. The zero-order chi connectivity index (χ0) is 13.1. The van der Waals surface area contributed by atoms with Gasteiger partial charge in [-0.1, -0.05) is 15.9 Å². The van der Waals surface area contributed by atoms with E-state index in [0.717, 1.165) is 23.3 Å². The number of hydrogen-bond acceptors (Lipinski definition) is 2. The molecule has 18 heavy (non-hydrogen) atoms. The molecule has 0 bridgehead atoms. The lowest BCUT2D eigenvalue weighted by atomic mass is 10.0. The number of amides is 2. The third kappa shape index (κ3) is 3.16. The first-order valence-corrected chi connectivity index (χ1v) is 6.70. The number of benzene rings is 1. The molecule has 5 heteroatoms. The first-order chi connectivity index (χ1) is 8.56. The smallest absolute Gasteiger partial charge is 0.319 e. The van der Waals surface area contributed by atoms with Crippen LogP contribution < -0.4 is 4.74 Å². The van der Waals surface area contributed by atoms with Crippen molar-refractivity contribution >= 4 is 22.0 Å². The van der Waals surface area contributed by atoms with Gasteiger partial charge in [-0.3, -0.25) is 0 Å². The van der Waals surface area contributed by atoms with Crippen molar-refractivity contribution in [2.75, 3.05) is 33.8 Å². The van der Waals surface area contributed by atoms with Gasteiger partial charge in [0.25, 0.3) is 0 Å². The Hall–Kier alpha value is -1.23. The van der Waals surface area contributed by atoms with Gasteiger partial charge in [0.05, 0.1) is 6.61 Å². The molecule has 98 valence electrons. The second-order valence-corrected chi connectivity index (χ2v) is 5.63. The van der Waals surface area contributed by atoms with Crippen molar-refractivity contribution in [3.05, 3.63) is 28.7 Å². The highest BCUT2D eigenvalue weighted by Gasteiger charge is 2.31. The second kappa shape index (κ2) is 5.61. The number of hydrogen-bond donors (Lipinski definition) is 0. The first-order valence-electron chi connectivity index (χ1n) is 5.91. The number of ether oxygens (including phenoxy) is 1. The molecule has 0 aromatic heterocycles. The van der Waals surface area contributed by atoms with Gasteiger partial charge in [0, 0.05) is 37.6 Å². The Labute approximate surface area is 116 Å². The van der Waals surface area contributed by atoms with E-state index in [1.807, 2.05) is 29.2 Å². The number of carbonyl (C=O) groups excluding carboxylic acids is 1. The van der Waals surface area contributed by atoms with Gasteiger partial charge in [-0.05, 0) is 24.3 Å². The Kier molecular flexibility index (Phi) is 4.11. The molecule has 1 aromatic carbocycles. The molecule has 1 aliphatic rings. The van der Waals surface area contributed by atoms with Gasteiger partial charge in [0.15, 0.2) is 0 Å². The molecule has 1 aliphatic heterocycles. The fraction of sp³-hybridized carbons (Fsp3) is 0.462. The van der Waals surface area contributed by atoms with Crippen molar-refractivity contribution in [1.29, 1.82) is 0 Å². The SMILES string of the molecule is CN(C)C(=O)N1CC(COc2ccc(Br)cc2)C1. The van der Waals surface area contributed by atoms with Crippen LogP contribution >= 0.6 is 15.9 Å². The summed E-state index contributed by atoms with van der Waals surface area (Å²) in [5, 5.41) is 0. The summed E-state index contributed by atoms with van der Waals surface area (Å²) in [5.74, 6) is 1.31. The summed E-state index contributed by atoms with van der Waals surface area (Å²) in [5.41, 5.74) is 0. The number of rotatable bonds is 3. The van der Waals surface area contributed by atoms with Crippen molar-refractivity contribution in [2.45, 2.75) is 0 Å². The molecule has 0 N–H and O–H groups in total. The van der Waals surface area contributed by atoms with Gasteiger partial charge < -0.3 is 14.5 Å². The molecule has 1 fully saturated rings. The standard InChI is InChI=1S/C13H17BrN2O2/c1-15(2)13(17)16-7-10(8-16)9-18-12-5-3-11(14)4-6-12/h3-6,10H,7-9H2,1-2H3. The highest BCUT2D eigenvalue weighted by atomic mass is 79.9. The lowest BCUT2D eigenvalue weighted by molar-refractivity contribution is 0.0729. The van der Waals surface area contributed by atoms with Crippen LogP contribution in [0.4, 0.5) is 4.79 Å². The van der Waals surface area contributed by atoms with E-state index in [9.17, 15) is 4.79 Å². The van der Waals surface area contributed by atoms with Crippen LogP contribution in [-0.4, -0.2) is 49.6 Å². The summed E-state index contributed by atoms with van der Waals surface area (Å²) in [6.45, 7) is 2.24. The summed E-state index contributed by atoms with van der Waals surface area (Å²) in [6, 6.07) is 7.86. The Balaban J connectivity index is 1.71. The number of urea groups is 1. The molecule has 1 saturated heterocycles. The predicted molar refractivity (Wildman–Crippen MR) is 73.8 cm³/mol. The Morgan fingerprint density at radius 1 is 1.39 bits per heavy atom. The van der Waals surface area contributed by atoms with Crippen LogP contribution in [0.15, 0.2) is 28.7 Å². The van der Waals surface area contributed by atoms with E-state index in [0.29, 0.717) is 12.5 Å². The van der Waals surface area contributed by atoms with E-state index < -0.39 is 0 Å². The molecule has 0 saturated carbocycles. The van der Waals surface area contributed by atoms with E-state index in [-0.39, 0.29) is 6.03 Å². The molecule has 4 nitrogen and oxygen atoms in total. The van der Waals surface area contributed by atoms with Gasteiger partial charge in [0.2, 0.25) is 0 Å². The molecule has 0 spiro atoms. The predicted octanol–water partition coefficient (Wildman–Crippen LogP) is 2.44. The third-order valence-electron chi connectivity index (χ3n) is 2.91. The molecule has 1 heterocycles. The van der Waals surface area contributed by atoms with Gasteiger partial charge >= 0.3 is 6.03 Å². The molecule has 1 aromatic rings. The minimum Gasteiger partial charge on any atom is -0.493 e. The van der Waals surface area contributed by atoms with Crippen molar-refractivity contribution < 1.29 is 9.53 Å². The van der Waals surface area contributed by atoms with Crippen LogP contribution in [0.2, 0.25) is 0 Å². The third-order valence-corrected chi connectivity index (χ3v) is 3.44. The second-order valence-electron chi connectivity index (χ2n) is 4.71. The van der Waals surface area contributed by atoms with Crippen molar-refractivity contribution in [3.63, 3.8) is 0 Å². The minimum absolute atomic E-state index is 0.0786. The molecular formula is C13H17BrN2O2. The fourth-order valence-corrected chi connectivity index (χ4v) is 2.12. The molecule has 2 amide bonds. The molecule has 0 atom stereocenters. The zero-order valence-corrected chi connectivity index (χ0v) is 12.2. The summed E-state index contributed by atoms with van der Waals surface area (Å²) in [6.07, 6.45) is 0. The number of nitrogens with zero attached hydrogens (tertiary/aromatic N) is 2. The number of likely N-dealkylation sites (tertiary alicyclic amines) is 1. The van der Waals surface area contributed by atoms with E-state index >= 15 is 0 Å². The van der Waals surface area contributed by atoms with Gasteiger partial charge in [-0.25, -0.2) is 4.79 Å². The average Bonchev–Trinajstić information content (AvgIpc) is 2.29. The number of halogens is 1. The maximum atomic E-state index is 11.6. The Morgan fingerprint density at radius 3 is 2.56 bits per heavy atom. The topological polar surface area (TPSA) is 32.8 Å². The van der Waals surface area contributed by atoms with Crippen LogP contribution in [0.25, 0.3) is 0 Å². The van der Waals surface area contributed by atoms with Crippen LogP contribution in [0.5, 0.6) is 5.75 Å². The summed E-state index contributed by atoms with van der Waals surface area (Å²) < 4.78 is 6.72. The van der Waals surface area contributed by atoms with E-state index in [4.69, 9.17) is 4.74 Å². The Morgan fingerprint density at radius 2 is 2.00 bits per heavy atom. The fourth-order valence-electron chi connectivity index (χ4n) is 1.86. The van der Waals surface area contributed by atoms with Gasteiger partial charge in [-0.2, -0.15) is 0 Å².